The summed E-state index contributed by atoms with van der Waals surface area (Å²) in [5.74, 6) is -4.44. The van der Waals surface area contributed by atoms with Gasteiger partial charge in [0.05, 0.1) is 18.1 Å². The van der Waals surface area contributed by atoms with E-state index in [0.717, 1.165) is 36.6 Å². The molecule has 3 aromatic carbocycles. The highest BCUT2D eigenvalue weighted by atomic mass is 19.1. The molecule has 0 spiro atoms. The SMILES string of the molecule is CCCN(CCC)C(=O)c1cccc(C(=O)N[C@@H](Cc2cc(F)cc(F)c2)[C@@H](O)C[C@@H](Cc2ccccc2)C(=O)NCC2CCC(C(=O)O)CC2)c1. The van der Waals surface area contributed by atoms with Crippen LogP contribution in [-0.4, -0.2) is 70.6 Å². The molecule has 4 N–H and O–H groups in total. The van der Waals surface area contributed by atoms with Crippen LogP contribution in [-0.2, 0) is 22.4 Å². The van der Waals surface area contributed by atoms with Crippen molar-refractivity contribution in [3.05, 3.63) is 107 Å². The summed E-state index contributed by atoms with van der Waals surface area (Å²) in [6.07, 6.45) is 2.81. The maximum atomic E-state index is 14.3. The monoisotopic (exact) mass is 719 g/mol. The van der Waals surface area contributed by atoms with Crippen LogP contribution in [0.4, 0.5) is 8.78 Å². The molecule has 1 saturated carbocycles. The third-order valence-electron chi connectivity index (χ3n) is 9.79. The Morgan fingerprint density at radius 3 is 2.06 bits per heavy atom. The Morgan fingerprint density at radius 1 is 0.808 bits per heavy atom. The number of rotatable bonds is 18. The van der Waals surface area contributed by atoms with Gasteiger partial charge in [0.25, 0.3) is 11.8 Å². The van der Waals surface area contributed by atoms with Gasteiger partial charge in [-0.1, -0.05) is 50.2 Å². The van der Waals surface area contributed by atoms with Crippen molar-refractivity contribution in [2.45, 2.75) is 83.8 Å². The molecule has 52 heavy (non-hydrogen) atoms. The Labute approximate surface area is 304 Å². The molecule has 3 aromatic rings. The van der Waals surface area contributed by atoms with Crippen molar-refractivity contribution in [3.8, 4) is 0 Å². The molecule has 0 bridgehead atoms. The number of aliphatic hydroxyl groups is 1. The van der Waals surface area contributed by atoms with Gasteiger partial charge in [-0.15, -0.1) is 0 Å². The number of nitrogens with zero attached hydrogens (tertiary/aromatic N) is 1. The zero-order valence-electron chi connectivity index (χ0n) is 30.0. The minimum Gasteiger partial charge on any atom is -0.481 e. The molecule has 1 aliphatic rings. The Balaban J connectivity index is 1.55. The van der Waals surface area contributed by atoms with Crippen molar-refractivity contribution >= 4 is 23.7 Å². The Bertz CT molecular complexity index is 1620. The van der Waals surface area contributed by atoms with E-state index in [1.165, 1.54) is 6.07 Å². The molecule has 280 valence electrons. The lowest BCUT2D eigenvalue weighted by molar-refractivity contribution is -0.143. The van der Waals surface area contributed by atoms with Crippen LogP contribution in [0.15, 0.2) is 72.8 Å². The number of hydrogen-bond acceptors (Lipinski definition) is 5. The summed E-state index contributed by atoms with van der Waals surface area (Å²) >= 11 is 0. The minimum absolute atomic E-state index is 0.0727. The van der Waals surface area contributed by atoms with Gasteiger partial charge in [0.1, 0.15) is 11.6 Å². The van der Waals surface area contributed by atoms with E-state index in [1.54, 1.807) is 23.1 Å². The van der Waals surface area contributed by atoms with Crippen LogP contribution >= 0.6 is 0 Å². The highest BCUT2D eigenvalue weighted by Crippen LogP contribution is 2.29. The highest BCUT2D eigenvalue weighted by molar-refractivity contribution is 5.99. The van der Waals surface area contributed by atoms with Gasteiger partial charge in [0, 0.05) is 42.7 Å². The molecule has 11 heteroatoms. The number of carbonyl (C=O) groups excluding carboxylic acids is 3. The van der Waals surface area contributed by atoms with Crippen molar-refractivity contribution in [3.63, 3.8) is 0 Å². The van der Waals surface area contributed by atoms with Gasteiger partial charge in [-0.2, -0.15) is 0 Å². The summed E-state index contributed by atoms with van der Waals surface area (Å²) in [6.45, 7) is 5.49. The van der Waals surface area contributed by atoms with E-state index in [-0.39, 0.29) is 47.6 Å². The zero-order chi connectivity index (χ0) is 37.6. The molecule has 0 aliphatic heterocycles. The number of hydrogen-bond donors (Lipinski definition) is 4. The van der Waals surface area contributed by atoms with E-state index in [1.807, 2.05) is 44.2 Å². The van der Waals surface area contributed by atoms with E-state index < -0.39 is 41.6 Å². The maximum absolute atomic E-state index is 14.3. The number of nitrogens with one attached hydrogen (secondary N) is 2. The molecule has 0 saturated heterocycles. The van der Waals surface area contributed by atoms with Crippen LogP contribution in [0.3, 0.4) is 0 Å². The molecule has 4 rings (SSSR count). The molecular weight excluding hydrogens is 668 g/mol. The van der Waals surface area contributed by atoms with Gasteiger partial charge in [0.2, 0.25) is 5.91 Å². The number of carbonyl (C=O) groups is 4. The fraction of sp³-hybridized carbons (Fsp3) is 0.463. The number of aliphatic carboxylic acids is 1. The fourth-order valence-corrected chi connectivity index (χ4v) is 6.99. The average molecular weight is 720 g/mol. The average Bonchev–Trinajstić information content (AvgIpc) is 3.13. The molecule has 1 fully saturated rings. The van der Waals surface area contributed by atoms with E-state index in [9.17, 15) is 38.2 Å². The van der Waals surface area contributed by atoms with Gasteiger partial charge < -0.3 is 25.7 Å². The molecule has 3 amide bonds. The predicted octanol–water partition coefficient (Wildman–Crippen LogP) is 6.19. The molecular formula is C41H51F2N3O6. The summed E-state index contributed by atoms with van der Waals surface area (Å²) in [5, 5.41) is 26.9. The Kier molecular flexibility index (Phi) is 15.3. The summed E-state index contributed by atoms with van der Waals surface area (Å²) in [5.41, 5.74) is 1.60. The Morgan fingerprint density at radius 2 is 1.44 bits per heavy atom. The summed E-state index contributed by atoms with van der Waals surface area (Å²) in [7, 11) is 0. The number of aliphatic hydroxyl groups excluding tert-OH is 1. The lowest BCUT2D eigenvalue weighted by Gasteiger charge is -2.29. The maximum Gasteiger partial charge on any atom is 0.306 e. The summed E-state index contributed by atoms with van der Waals surface area (Å²) in [6, 6.07) is 17.6. The molecule has 0 aromatic heterocycles. The van der Waals surface area contributed by atoms with Crippen LogP contribution in [0.5, 0.6) is 0 Å². The van der Waals surface area contributed by atoms with E-state index in [4.69, 9.17) is 0 Å². The first kappa shape index (κ1) is 40.1. The highest BCUT2D eigenvalue weighted by Gasteiger charge is 2.31. The van der Waals surface area contributed by atoms with Gasteiger partial charge in [-0.05, 0) is 105 Å². The topological polar surface area (TPSA) is 136 Å². The smallest absolute Gasteiger partial charge is 0.306 e. The first-order chi connectivity index (χ1) is 25.0. The lowest BCUT2D eigenvalue weighted by Crippen LogP contribution is -2.47. The van der Waals surface area contributed by atoms with Crippen LogP contribution in [0.2, 0.25) is 0 Å². The van der Waals surface area contributed by atoms with Crippen LogP contribution in [0, 0.1) is 29.4 Å². The second-order valence-corrected chi connectivity index (χ2v) is 13.9. The largest absolute Gasteiger partial charge is 0.481 e. The third kappa shape index (κ3) is 12.0. The van der Waals surface area contributed by atoms with Gasteiger partial charge in [-0.25, -0.2) is 8.78 Å². The third-order valence-corrected chi connectivity index (χ3v) is 9.79. The van der Waals surface area contributed by atoms with Crippen LogP contribution in [0.1, 0.15) is 90.6 Å². The molecule has 3 atom stereocenters. The van der Waals surface area contributed by atoms with Crippen molar-refractivity contribution in [1.82, 2.24) is 15.5 Å². The predicted molar refractivity (Wildman–Crippen MR) is 195 cm³/mol. The van der Waals surface area contributed by atoms with E-state index in [2.05, 4.69) is 10.6 Å². The first-order valence-electron chi connectivity index (χ1n) is 18.3. The molecule has 0 radical (unpaired) electrons. The number of carboxylic acids is 1. The van der Waals surface area contributed by atoms with Crippen molar-refractivity contribution in [2.24, 2.45) is 17.8 Å². The lowest BCUT2D eigenvalue weighted by atomic mass is 9.82. The van der Waals surface area contributed by atoms with Gasteiger partial charge >= 0.3 is 5.97 Å². The van der Waals surface area contributed by atoms with E-state index >= 15 is 0 Å². The van der Waals surface area contributed by atoms with Crippen LogP contribution < -0.4 is 10.6 Å². The number of amides is 3. The molecule has 9 nitrogen and oxygen atoms in total. The number of halogens is 2. The normalized spacial score (nSPS) is 17.4. The van der Waals surface area contributed by atoms with Crippen molar-refractivity contribution in [1.29, 1.82) is 0 Å². The second-order valence-electron chi connectivity index (χ2n) is 13.9. The molecule has 0 heterocycles. The standard InChI is InChI=1S/C41H51F2N3O6/c1-3-17-46(18-4-2)40(50)32-12-8-11-31(23-32)39(49)45-36(22-29-20-34(42)25-35(43)21-29)37(47)24-33(19-27-9-6-5-7-10-27)38(48)44-26-28-13-15-30(16-14-28)41(51)52/h5-12,20-21,23,25,28,30,33,36-37,47H,3-4,13-19,22,24,26H2,1-2H3,(H,44,48)(H,45,49)(H,51,52)/t28?,30?,33-,36+,37+/m1/s1. The molecule has 1 aliphatic carbocycles. The zero-order valence-corrected chi connectivity index (χ0v) is 30.0. The van der Waals surface area contributed by atoms with Gasteiger partial charge in [-0.3, -0.25) is 19.2 Å². The van der Waals surface area contributed by atoms with Gasteiger partial charge in [0.15, 0.2) is 0 Å². The molecule has 0 unspecified atom stereocenters. The minimum atomic E-state index is -1.31. The summed E-state index contributed by atoms with van der Waals surface area (Å²) in [4.78, 5) is 53.9. The Hall–Kier alpha value is -4.64. The van der Waals surface area contributed by atoms with E-state index in [0.29, 0.717) is 57.3 Å². The number of benzene rings is 3. The fourth-order valence-electron chi connectivity index (χ4n) is 6.99. The van der Waals surface area contributed by atoms with Crippen molar-refractivity contribution < 1.29 is 38.2 Å². The first-order valence-corrected chi connectivity index (χ1v) is 18.3. The number of carboxylic acid groups (broad SMARTS) is 1. The second kappa shape index (κ2) is 19.8. The van der Waals surface area contributed by atoms with Crippen LogP contribution in [0.25, 0.3) is 0 Å². The quantitative estimate of drug-likeness (QED) is 0.124. The summed E-state index contributed by atoms with van der Waals surface area (Å²) < 4.78 is 28.5. The van der Waals surface area contributed by atoms with Crippen molar-refractivity contribution in [2.75, 3.05) is 19.6 Å².